The Kier molecular flexibility index (Phi) is 2.75. The SMILES string of the molecule is OC1(CNc2nc(F)c(F)cc2F)CCC1. The van der Waals surface area contributed by atoms with Crippen LogP contribution in [0.3, 0.4) is 0 Å². The molecule has 1 aliphatic rings. The van der Waals surface area contributed by atoms with Crippen LogP contribution in [-0.4, -0.2) is 22.2 Å². The lowest BCUT2D eigenvalue weighted by molar-refractivity contribution is -0.0203. The van der Waals surface area contributed by atoms with E-state index in [4.69, 9.17) is 0 Å². The van der Waals surface area contributed by atoms with Gasteiger partial charge in [0.15, 0.2) is 17.5 Å². The number of anilines is 1. The lowest BCUT2D eigenvalue weighted by Gasteiger charge is -2.36. The van der Waals surface area contributed by atoms with E-state index in [0.29, 0.717) is 18.9 Å². The summed E-state index contributed by atoms with van der Waals surface area (Å²) in [5, 5.41) is 12.2. The van der Waals surface area contributed by atoms with Crippen molar-refractivity contribution < 1.29 is 18.3 Å². The van der Waals surface area contributed by atoms with E-state index >= 15 is 0 Å². The van der Waals surface area contributed by atoms with Crippen molar-refractivity contribution in [1.82, 2.24) is 4.98 Å². The second-order valence-electron chi connectivity index (χ2n) is 4.02. The summed E-state index contributed by atoms with van der Waals surface area (Å²) in [5.41, 5.74) is -0.876. The van der Waals surface area contributed by atoms with E-state index in [9.17, 15) is 18.3 Å². The molecule has 0 saturated heterocycles. The van der Waals surface area contributed by atoms with Crippen LogP contribution in [0, 0.1) is 17.6 Å². The Labute approximate surface area is 90.3 Å². The van der Waals surface area contributed by atoms with Crippen molar-refractivity contribution in [3.05, 3.63) is 23.6 Å². The summed E-state index contributed by atoms with van der Waals surface area (Å²) in [6.07, 6.45) is 2.14. The molecule has 1 aliphatic carbocycles. The van der Waals surface area contributed by atoms with Crippen LogP contribution in [0.5, 0.6) is 0 Å². The van der Waals surface area contributed by atoms with Crippen LogP contribution in [0.2, 0.25) is 0 Å². The first-order valence-electron chi connectivity index (χ1n) is 4.98. The van der Waals surface area contributed by atoms with E-state index < -0.39 is 23.2 Å². The molecule has 16 heavy (non-hydrogen) atoms. The predicted octanol–water partition coefficient (Wildman–Crippen LogP) is 1.83. The Morgan fingerprint density at radius 2 is 2.00 bits per heavy atom. The van der Waals surface area contributed by atoms with E-state index in [2.05, 4.69) is 10.3 Å². The largest absolute Gasteiger partial charge is 0.388 e. The first-order chi connectivity index (χ1) is 7.50. The van der Waals surface area contributed by atoms with Crippen molar-refractivity contribution in [3.63, 3.8) is 0 Å². The number of nitrogens with zero attached hydrogens (tertiary/aromatic N) is 1. The molecular weight excluding hydrogens is 221 g/mol. The fraction of sp³-hybridized carbons (Fsp3) is 0.500. The highest BCUT2D eigenvalue weighted by atomic mass is 19.2. The van der Waals surface area contributed by atoms with Crippen molar-refractivity contribution in [2.24, 2.45) is 0 Å². The molecule has 1 fully saturated rings. The summed E-state index contributed by atoms with van der Waals surface area (Å²) >= 11 is 0. The summed E-state index contributed by atoms with van der Waals surface area (Å²) in [6.45, 7) is 0.0853. The molecule has 0 amide bonds. The minimum atomic E-state index is -1.36. The fourth-order valence-electron chi connectivity index (χ4n) is 1.58. The van der Waals surface area contributed by atoms with Gasteiger partial charge in [0, 0.05) is 12.6 Å². The Morgan fingerprint density at radius 1 is 1.31 bits per heavy atom. The number of aromatic nitrogens is 1. The average molecular weight is 232 g/mol. The predicted molar refractivity (Wildman–Crippen MR) is 51.4 cm³/mol. The van der Waals surface area contributed by atoms with Gasteiger partial charge in [-0.05, 0) is 19.3 Å². The minimum absolute atomic E-state index is 0.0853. The number of aliphatic hydroxyl groups is 1. The minimum Gasteiger partial charge on any atom is -0.388 e. The second kappa shape index (κ2) is 3.93. The van der Waals surface area contributed by atoms with Crippen LogP contribution in [-0.2, 0) is 0 Å². The molecule has 2 rings (SSSR count). The van der Waals surface area contributed by atoms with Gasteiger partial charge in [-0.3, -0.25) is 0 Å². The zero-order chi connectivity index (χ0) is 11.8. The summed E-state index contributed by atoms with van der Waals surface area (Å²) in [5.74, 6) is -4.03. The second-order valence-corrected chi connectivity index (χ2v) is 4.02. The summed E-state index contributed by atoms with van der Waals surface area (Å²) < 4.78 is 38.4. The zero-order valence-electron chi connectivity index (χ0n) is 8.43. The lowest BCUT2D eigenvalue weighted by atomic mass is 9.80. The molecule has 1 saturated carbocycles. The topological polar surface area (TPSA) is 45.1 Å². The Hall–Kier alpha value is -1.30. The van der Waals surface area contributed by atoms with E-state index in [1.54, 1.807) is 0 Å². The Morgan fingerprint density at radius 3 is 2.56 bits per heavy atom. The monoisotopic (exact) mass is 232 g/mol. The molecule has 0 atom stereocenters. The Bertz CT molecular complexity index is 407. The third kappa shape index (κ3) is 2.11. The van der Waals surface area contributed by atoms with Gasteiger partial charge in [0.05, 0.1) is 5.60 Å². The van der Waals surface area contributed by atoms with Crippen molar-refractivity contribution in [2.75, 3.05) is 11.9 Å². The molecule has 0 unspecified atom stereocenters. The van der Waals surface area contributed by atoms with E-state index in [0.717, 1.165) is 6.42 Å². The quantitative estimate of drug-likeness (QED) is 0.781. The Balaban J connectivity index is 2.06. The number of nitrogens with one attached hydrogen (secondary N) is 1. The third-order valence-corrected chi connectivity index (χ3v) is 2.76. The molecular formula is C10H11F3N2O. The molecule has 0 spiro atoms. The molecule has 0 aromatic carbocycles. The molecule has 3 nitrogen and oxygen atoms in total. The van der Waals surface area contributed by atoms with E-state index in [-0.39, 0.29) is 12.4 Å². The highest BCUT2D eigenvalue weighted by Gasteiger charge is 2.34. The fourth-order valence-corrected chi connectivity index (χ4v) is 1.58. The zero-order valence-corrected chi connectivity index (χ0v) is 8.43. The highest BCUT2D eigenvalue weighted by molar-refractivity contribution is 5.36. The van der Waals surface area contributed by atoms with Crippen LogP contribution in [0.15, 0.2) is 6.07 Å². The molecule has 0 aliphatic heterocycles. The first-order valence-corrected chi connectivity index (χ1v) is 4.98. The van der Waals surface area contributed by atoms with Crippen molar-refractivity contribution >= 4 is 5.82 Å². The lowest BCUT2D eigenvalue weighted by Crippen LogP contribution is -2.43. The average Bonchev–Trinajstić information content (AvgIpc) is 2.19. The number of halogens is 3. The van der Waals surface area contributed by atoms with Gasteiger partial charge in [-0.2, -0.15) is 9.37 Å². The normalized spacial score (nSPS) is 18.0. The summed E-state index contributed by atoms with van der Waals surface area (Å²) in [6, 6.07) is 0.426. The number of pyridine rings is 1. The maximum atomic E-state index is 13.1. The highest BCUT2D eigenvalue weighted by Crippen LogP contribution is 2.31. The van der Waals surface area contributed by atoms with Crippen LogP contribution in [0.25, 0.3) is 0 Å². The molecule has 0 bridgehead atoms. The summed E-state index contributed by atoms with van der Waals surface area (Å²) in [7, 11) is 0. The first kappa shape index (κ1) is 11.2. The van der Waals surface area contributed by atoms with Crippen molar-refractivity contribution in [2.45, 2.75) is 24.9 Å². The van der Waals surface area contributed by atoms with Gasteiger partial charge in [-0.15, -0.1) is 0 Å². The van der Waals surface area contributed by atoms with Crippen molar-refractivity contribution in [3.8, 4) is 0 Å². The maximum absolute atomic E-state index is 13.1. The smallest absolute Gasteiger partial charge is 0.251 e. The van der Waals surface area contributed by atoms with Gasteiger partial charge in [-0.25, -0.2) is 8.78 Å². The summed E-state index contributed by atoms with van der Waals surface area (Å²) in [4.78, 5) is 3.09. The van der Waals surface area contributed by atoms with Gasteiger partial charge in [0.25, 0.3) is 5.95 Å². The molecule has 2 N–H and O–H groups in total. The van der Waals surface area contributed by atoms with Crippen LogP contribution in [0.4, 0.5) is 19.0 Å². The van der Waals surface area contributed by atoms with Crippen LogP contribution >= 0.6 is 0 Å². The molecule has 6 heteroatoms. The molecule has 1 aromatic heterocycles. The third-order valence-electron chi connectivity index (χ3n) is 2.76. The number of hydrogen-bond acceptors (Lipinski definition) is 3. The van der Waals surface area contributed by atoms with Gasteiger partial charge < -0.3 is 10.4 Å². The maximum Gasteiger partial charge on any atom is 0.251 e. The molecule has 1 heterocycles. The standard InChI is InChI=1S/C10H11F3N2O/c11-6-4-7(12)9(15-8(6)13)14-5-10(16)2-1-3-10/h4,16H,1-3,5H2,(H,14,15). The molecule has 0 radical (unpaired) electrons. The number of hydrogen-bond donors (Lipinski definition) is 2. The van der Waals surface area contributed by atoms with E-state index in [1.807, 2.05) is 0 Å². The van der Waals surface area contributed by atoms with Gasteiger partial charge >= 0.3 is 0 Å². The van der Waals surface area contributed by atoms with Gasteiger partial charge in [0.1, 0.15) is 0 Å². The van der Waals surface area contributed by atoms with Crippen LogP contribution in [0.1, 0.15) is 19.3 Å². The van der Waals surface area contributed by atoms with Gasteiger partial charge in [0.2, 0.25) is 0 Å². The number of rotatable bonds is 3. The molecule has 1 aromatic rings. The molecule has 88 valence electrons. The van der Waals surface area contributed by atoms with Gasteiger partial charge in [-0.1, -0.05) is 0 Å². The van der Waals surface area contributed by atoms with Crippen molar-refractivity contribution in [1.29, 1.82) is 0 Å². The van der Waals surface area contributed by atoms with E-state index in [1.165, 1.54) is 0 Å². The van der Waals surface area contributed by atoms with Crippen LogP contribution < -0.4 is 5.32 Å².